The van der Waals surface area contributed by atoms with Gasteiger partial charge < -0.3 is 15.7 Å². The van der Waals surface area contributed by atoms with Gasteiger partial charge >= 0.3 is 0 Å². The van der Waals surface area contributed by atoms with Gasteiger partial charge in [-0.2, -0.15) is 0 Å². The molecule has 3 rings (SSSR count). The fraction of sp³-hybridized carbons (Fsp3) is 0.316. The Morgan fingerprint density at radius 2 is 1.88 bits per heavy atom. The van der Waals surface area contributed by atoms with Crippen LogP contribution < -0.4 is 10.6 Å². The molecule has 0 bridgehead atoms. The van der Waals surface area contributed by atoms with Crippen LogP contribution >= 0.6 is 35.8 Å². The smallest absolute Gasteiger partial charge is 0.238 e. The predicted octanol–water partition coefficient (Wildman–Crippen LogP) is 3.29. The van der Waals surface area contributed by atoms with Crippen LogP contribution in [-0.2, 0) is 4.79 Å². The molecular formula is C19H22Cl2N2O2S. The molecule has 0 radical (unpaired) electrons. The first-order valence-electron chi connectivity index (χ1n) is 8.28. The number of benzene rings is 2. The van der Waals surface area contributed by atoms with Crippen molar-refractivity contribution in [1.29, 1.82) is 0 Å². The topological polar surface area (TPSA) is 61.4 Å². The number of thioether (sulfide) groups is 1. The van der Waals surface area contributed by atoms with Gasteiger partial charge in [0.2, 0.25) is 5.91 Å². The van der Waals surface area contributed by atoms with Crippen LogP contribution in [0.25, 0.3) is 0 Å². The fourth-order valence-corrected chi connectivity index (χ4v) is 4.16. The normalized spacial score (nSPS) is 20.2. The van der Waals surface area contributed by atoms with Gasteiger partial charge in [-0.3, -0.25) is 4.79 Å². The molecule has 26 heavy (non-hydrogen) atoms. The molecule has 0 saturated carbocycles. The van der Waals surface area contributed by atoms with E-state index in [0.717, 1.165) is 17.0 Å². The summed E-state index contributed by atoms with van der Waals surface area (Å²) in [5.74, 6) is -0.0269. The Balaban J connectivity index is 0.00000243. The molecule has 2 aromatic rings. The highest BCUT2D eigenvalue weighted by Crippen LogP contribution is 2.38. The third kappa shape index (κ3) is 5.38. The number of amides is 1. The van der Waals surface area contributed by atoms with E-state index in [1.807, 2.05) is 54.6 Å². The number of β-amino-alcohol motifs (C(OH)–C–C–N with tert-alkyl or cyclic N) is 1. The summed E-state index contributed by atoms with van der Waals surface area (Å²) in [4.78, 5) is 13.7. The van der Waals surface area contributed by atoms with Crippen LogP contribution in [0, 0.1) is 5.92 Å². The van der Waals surface area contributed by atoms with E-state index in [0.29, 0.717) is 18.1 Å². The van der Waals surface area contributed by atoms with Crippen molar-refractivity contribution in [3.63, 3.8) is 0 Å². The first-order valence-corrected chi connectivity index (χ1v) is 9.53. The van der Waals surface area contributed by atoms with Gasteiger partial charge in [0.1, 0.15) is 5.25 Å². The molecule has 1 aliphatic rings. The van der Waals surface area contributed by atoms with Crippen molar-refractivity contribution >= 4 is 41.7 Å². The van der Waals surface area contributed by atoms with Crippen molar-refractivity contribution in [3.05, 3.63) is 65.2 Å². The quantitative estimate of drug-likeness (QED) is 0.636. The van der Waals surface area contributed by atoms with Crippen LogP contribution in [0.2, 0.25) is 5.02 Å². The van der Waals surface area contributed by atoms with Gasteiger partial charge in [-0.05, 0) is 17.7 Å². The number of hydrogen-bond donors (Lipinski definition) is 3. The third-order valence-corrected chi connectivity index (χ3v) is 6.04. The molecule has 4 nitrogen and oxygen atoms in total. The number of carbonyl (C=O) groups is 1. The van der Waals surface area contributed by atoms with Crippen molar-refractivity contribution in [3.8, 4) is 0 Å². The van der Waals surface area contributed by atoms with E-state index in [9.17, 15) is 9.90 Å². The maximum absolute atomic E-state index is 12.8. The van der Waals surface area contributed by atoms with Crippen molar-refractivity contribution < 1.29 is 9.90 Å². The molecule has 1 saturated heterocycles. The lowest BCUT2D eigenvalue weighted by Crippen LogP contribution is -2.36. The molecule has 1 fully saturated rings. The summed E-state index contributed by atoms with van der Waals surface area (Å²) in [7, 11) is 0. The highest BCUT2D eigenvalue weighted by molar-refractivity contribution is 8.00. The average molecular weight is 413 g/mol. The second-order valence-corrected chi connectivity index (χ2v) is 7.62. The number of rotatable bonds is 6. The van der Waals surface area contributed by atoms with Crippen LogP contribution in [-0.4, -0.2) is 36.8 Å². The summed E-state index contributed by atoms with van der Waals surface area (Å²) in [6.07, 6.45) is -0.410. The van der Waals surface area contributed by atoms with E-state index in [1.54, 1.807) is 0 Å². The Morgan fingerprint density at radius 1 is 1.19 bits per heavy atom. The standard InChI is InChI=1S/C19H21ClN2O2S.ClH/c20-15-8-4-5-9-17(15)25-18(13-6-2-1-3-7-13)19(24)22-11-14-10-21-12-16(14)23;/h1-9,14,16,18,21,23H,10-12H2,(H,22,24);1H. The number of aliphatic hydroxyl groups is 1. The zero-order valence-electron chi connectivity index (χ0n) is 14.1. The van der Waals surface area contributed by atoms with E-state index >= 15 is 0 Å². The van der Waals surface area contributed by atoms with Gasteiger partial charge in [0, 0.05) is 30.4 Å². The summed E-state index contributed by atoms with van der Waals surface area (Å²) < 4.78 is 0. The second kappa shape index (κ2) is 10.2. The second-order valence-electron chi connectivity index (χ2n) is 6.07. The van der Waals surface area contributed by atoms with Crippen molar-refractivity contribution in [2.75, 3.05) is 19.6 Å². The molecular weight excluding hydrogens is 391 g/mol. The molecule has 3 unspecified atom stereocenters. The SMILES string of the molecule is Cl.O=C(NCC1CNCC1O)C(Sc1ccccc1Cl)c1ccccc1. The fourth-order valence-electron chi connectivity index (χ4n) is 2.82. The molecule has 0 aromatic heterocycles. The monoisotopic (exact) mass is 412 g/mol. The Kier molecular flexibility index (Phi) is 8.25. The minimum atomic E-state index is -0.410. The number of halogens is 2. The molecule has 2 aromatic carbocycles. The van der Waals surface area contributed by atoms with Crippen molar-refractivity contribution in [1.82, 2.24) is 10.6 Å². The number of aliphatic hydroxyl groups excluding tert-OH is 1. The van der Waals surface area contributed by atoms with Crippen molar-refractivity contribution in [2.45, 2.75) is 16.2 Å². The minimum absolute atomic E-state index is 0. The van der Waals surface area contributed by atoms with E-state index in [1.165, 1.54) is 11.8 Å². The number of carbonyl (C=O) groups excluding carboxylic acids is 1. The molecule has 7 heteroatoms. The van der Waals surface area contributed by atoms with E-state index in [2.05, 4.69) is 10.6 Å². The molecule has 3 atom stereocenters. The minimum Gasteiger partial charge on any atom is -0.391 e. The highest BCUT2D eigenvalue weighted by Gasteiger charge is 2.28. The lowest BCUT2D eigenvalue weighted by Gasteiger charge is -2.20. The summed E-state index contributed by atoms with van der Waals surface area (Å²) in [5.41, 5.74) is 0.926. The van der Waals surface area contributed by atoms with Crippen LogP contribution in [0.4, 0.5) is 0 Å². The lowest BCUT2D eigenvalue weighted by atomic mass is 10.1. The Labute approximate surface area is 169 Å². The summed E-state index contributed by atoms with van der Waals surface area (Å²) in [6, 6.07) is 17.2. The molecule has 3 N–H and O–H groups in total. The maximum Gasteiger partial charge on any atom is 0.238 e. The van der Waals surface area contributed by atoms with Crippen LogP contribution in [0.3, 0.4) is 0 Å². The zero-order valence-corrected chi connectivity index (χ0v) is 16.5. The maximum atomic E-state index is 12.8. The van der Waals surface area contributed by atoms with Crippen LogP contribution in [0.5, 0.6) is 0 Å². The van der Waals surface area contributed by atoms with Crippen LogP contribution in [0.15, 0.2) is 59.5 Å². The molecule has 0 spiro atoms. The van der Waals surface area contributed by atoms with Gasteiger partial charge in [0.15, 0.2) is 0 Å². The van der Waals surface area contributed by atoms with Gasteiger partial charge in [-0.15, -0.1) is 24.2 Å². The van der Waals surface area contributed by atoms with Gasteiger partial charge in [0.05, 0.1) is 11.1 Å². The van der Waals surface area contributed by atoms with E-state index in [4.69, 9.17) is 11.6 Å². The molecule has 0 aliphatic carbocycles. The molecule has 140 valence electrons. The first kappa shape index (κ1) is 21.1. The van der Waals surface area contributed by atoms with E-state index in [-0.39, 0.29) is 24.2 Å². The lowest BCUT2D eigenvalue weighted by molar-refractivity contribution is -0.120. The molecule has 1 aliphatic heterocycles. The molecule has 1 heterocycles. The highest BCUT2D eigenvalue weighted by atomic mass is 35.5. The van der Waals surface area contributed by atoms with E-state index < -0.39 is 11.4 Å². The Morgan fingerprint density at radius 3 is 2.54 bits per heavy atom. The van der Waals surface area contributed by atoms with Gasteiger partial charge in [0.25, 0.3) is 0 Å². The Bertz CT molecular complexity index is 718. The zero-order chi connectivity index (χ0) is 17.6. The summed E-state index contributed by atoms with van der Waals surface area (Å²) in [6.45, 7) is 1.76. The molecule has 1 amide bonds. The van der Waals surface area contributed by atoms with Gasteiger partial charge in [-0.25, -0.2) is 0 Å². The summed E-state index contributed by atoms with van der Waals surface area (Å²) >= 11 is 7.70. The predicted molar refractivity (Wildman–Crippen MR) is 109 cm³/mol. The average Bonchev–Trinajstić information content (AvgIpc) is 3.05. The number of nitrogens with one attached hydrogen (secondary N) is 2. The van der Waals surface area contributed by atoms with Crippen molar-refractivity contribution in [2.24, 2.45) is 5.92 Å². The number of hydrogen-bond acceptors (Lipinski definition) is 4. The first-order chi connectivity index (χ1) is 12.1. The summed E-state index contributed by atoms with van der Waals surface area (Å²) in [5, 5.41) is 16.3. The van der Waals surface area contributed by atoms with Gasteiger partial charge in [-0.1, -0.05) is 54.1 Å². The van der Waals surface area contributed by atoms with Crippen LogP contribution in [0.1, 0.15) is 10.8 Å². The Hall–Kier alpha value is -1.24. The third-order valence-electron chi connectivity index (χ3n) is 4.26. The largest absolute Gasteiger partial charge is 0.391 e.